The summed E-state index contributed by atoms with van der Waals surface area (Å²) in [6, 6.07) is 0.570. The van der Waals surface area contributed by atoms with E-state index < -0.39 is 0 Å². The Morgan fingerprint density at radius 1 is 1.46 bits per heavy atom. The van der Waals surface area contributed by atoms with Crippen molar-refractivity contribution in [2.24, 2.45) is 5.73 Å². The van der Waals surface area contributed by atoms with E-state index in [4.69, 9.17) is 5.73 Å². The fourth-order valence-corrected chi connectivity index (χ4v) is 1.67. The molecule has 0 radical (unpaired) electrons. The van der Waals surface area contributed by atoms with Crippen LogP contribution in [-0.2, 0) is 0 Å². The molecule has 0 spiro atoms. The number of aromatic nitrogens is 3. The van der Waals surface area contributed by atoms with Gasteiger partial charge in [0, 0.05) is 12.1 Å². The number of anilines is 1. The Kier molecular flexibility index (Phi) is 2.35. The first-order chi connectivity index (χ1) is 6.36. The van der Waals surface area contributed by atoms with Gasteiger partial charge in [-0.3, -0.25) is 0 Å². The molecule has 5 heteroatoms. The first kappa shape index (κ1) is 8.37. The molecule has 0 bridgehead atoms. The monoisotopic (exact) mass is 179 g/mol. The lowest BCUT2D eigenvalue weighted by Gasteiger charge is -2.16. The zero-order valence-electron chi connectivity index (χ0n) is 7.35. The van der Waals surface area contributed by atoms with E-state index in [-0.39, 0.29) is 6.04 Å². The highest BCUT2D eigenvalue weighted by Crippen LogP contribution is 2.19. The molecule has 0 aliphatic heterocycles. The number of nitrogens with zero attached hydrogens (tertiary/aromatic N) is 3. The largest absolute Gasteiger partial charge is 0.363 e. The lowest BCUT2D eigenvalue weighted by atomic mass is 10.2. The van der Waals surface area contributed by atoms with Gasteiger partial charge in [0.15, 0.2) is 5.82 Å². The van der Waals surface area contributed by atoms with Gasteiger partial charge in [-0.1, -0.05) is 0 Å². The predicted octanol–water partition coefficient (Wildman–Crippen LogP) is 0.163. The molecule has 3 N–H and O–H groups in total. The second kappa shape index (κ2) is 3.66. The highest BCUT2D eigenvalue weighted by Gasteiger charge is 2.23. The van der Waals surface area contributed by atoms with Gasteiger partial charge in [-0.25, -0.2) is 4.98 Å². The summed E-state index contributed by atoms with van der Waals surface area (Å²) >= 11 is 0. The number of hydrogen-bond donors (Lipinski definition) is 2. The molecular formula is C8H13N5. The first-order valence-electron chi connectivity index (χ1n) is 4.51. The molecule has 1 aromatic heterocycles. The van der Waals surface area contributed by atoms with Gasteiger partial charge in [-0.2, -0.15) is 0 Å². The third-order valence-electron chi connectivity index (χ3n) is 2.38. The highest BCUT2D eigenvalue weighted by molar-refractivity contribution is 5.31. The minimum atomic E-state index is 0.238. The van der Waals surface area contributed by atoms with Crippen LogP contribution in [0.15, 0.2) is 12.5 Å². The summed E-state index contributed by atoms with van der Waals surface area (Å²) < 4.78 is 0. The van der Waals surface area contributed by atoms with Crippen LogP contribution in [0, 0.1) is 0 Å². The molecule has 1 aromatic rings. The Hall–Kier alpha value is -1.23. The summed E-state index contributed by atoms with van der Waals surface area (Å²) in [6.45, 7) is 0. The van der Waals surface area contributed by atoms with Crippen LogP contribution in [0.5, 0.6) is 0 Å². The van der Waals surface area contributed by atoms with Crippen molar-refractivity contribution in [2.45, 2.75) is 31.3 Å². The van der Waals surface area contributed by atoms with Crippen molar-refractivity contribution in [1.82, 2.24) is 15.2 Å². The van der Waals surface area contributed by atoms with Crippen LogP contribution in [0.1, 0.15) is 19.3 Å². The maximum Gasteiger partial charge on any atom is 0.167 e. The molecule has 0 saturated heterocycles. The summed E-state index contributed by atoms with van der Waals surface area (Å²) in [4.78, 5) is 3.87. The van der Waals surface area contributed by atoms with Crippen molar-refractivity contribution in [3.8, 4) is 0 Å². The van der Waals surface area contributed by atoms with E-state index in [1.807, 2.05) is 0 Å². The van der Waals surface area contributed by atoms with Crippen LogP contribution in [0.3, 0.4) is 0 Å². The molecule has 0 amide bonds. The number of hydrogen-bond acceptors (Lipinski definition) is 5. The predicted molar refractivity (Wildman–Crippen MR) is 49.1 cm³/mol. The van der Waals surface area contributed by atoms with E-state index in [9.17, 15) is 0 Å². The van der Waals surface area contributed by atoms with E-state index in [2.05, 4.69) is 20.5 Å². The zero-order chi connectivity index (χ0) is 9.10. The van der Waals surface area contributed by atoms with Crippen molar-refractivity contribution >= 4 is 5.82 Å². The van der Waals surface area contributed by atoms with Crippen LogP contribution in [0.25, 0.3) is 0 Å². The molecule has 13 heavy (non-hydrogen) atoms. The standard InChI is InChI=1S/C8H13N5/c9-6-2-1-3-7(6)12-8-4-10-5-11-13-8/h4-7H,1-3,9H2,(H,12,13). The molecule has 0 aromatic carbocycles. The second-order valence-electron chi connectivity index (χ2n) is 3.34. The molecule has 1 aliphatic carbocycles. The maximum absolute atomic E-state index is 5.90. The summed E-state index contributed by atoms with van der Waals surface area (Å²) in [7, 11) is 0. The third kappa shape index (κ3) is 1.92. The number of nitrogens with two attached hydrogens (primary N) is 1. The maximum atomic E-state index is 5.90. The Morgan fingerprint density at radius 2 is 2.38 bits per heavy atom. The molecule has 2 unspecified atom stereocenters. The number of rotatable bonds is 2. The molecular weight excluding hydrogens is 166 g/mol. The molecule has 1 aliphatic rings. The lowest BCUT2D eigenvalue weighted by Crippen LogP contribution is -2.35. The SMILES string of the molecule is NC1CCCC1Nc1cncnn1. The molecule has 5 nitrogen and oxygen atoms in total. The van der Waals surface area contributed by atoms with Gasteiger partial charge in [-0.05, 0) is 19.3 Å². The van der Waals surface area contributed by atoms with Crippen molar-refractivity contribution < 1.29 is 0 Å². The summed E-state index contributed by atoms with van der Waals surface area (Å²) in [5, 5.41) is 10.8. The topological polar surface area (TPSA) is 76.7 Å². The zero-order valence-corrected chi connectivity index (χ0v) is 7.35. The van der Waals surface area contributed by atoms with Crippen molar-refractivity contribution in [3.63, 3.8) is 0 Å². The van der Waals surface area contributed by atoms with Crippen LogP contribution >= 0.6 is 0 Å². The molecule has 1 fully saturated rings. The summed E-state index contributed by atoms with van der Waals surface area (Å²) in [6.07, 6.45) is 6.47. The van der Waals surface area contributed by atoms with Gasteiger partial charge in [0.2, 0.25) is 0 Å². The molecule has 2 atom stereocenters. The van der Waals surface area contributed by atoms with Gasteiger partial charge in [0.1, 0.15) is 6.33 Å². The Morgan fingerprint density at radius 3 is 3.00 bits per heavy atom. The first-order valence-corrected chi connectivity index (χ1v) is 4.51. The van der Waals surface area contributed by atoms with Crippen LogP contribution in [0.2, 0.25) is 0 Å². The van der Waals surface area contributed by atoms with E-state index in [1.54, 1.807) is 6.20 Å². The van der Waals surface area contributed by atoms with E-state index in [0.29, 0.717) is 11.9 Å². The van der Waals surface area contributed by atoms with Crippen molar-refractivity contribution in [2.75, 3.05) is 5.32 Å². The number of nitrogens with one attached hydrogen (secondary N) is 1. The normalized spacial score (nSPS) is 27.5. The minimum Gasteiger partial charge on any atom is -0.363 e. The fraction of sp³-hybridized carbons (Fsp3) is 0.625. The Labute approximate surface area is 76.8 Å². The molecule has 1 heterocycles. The van der Waals surface area contributed by atoms with Crippen LogP contribution in [-0.4, -0.2) is 27.3 Å². The average molecular weight is 179 g/mol. The van der Waals surface area contributed by atoms with Crippen LogP contribution < -0.4 is 11.1 Å². The van der Waals surface area contributed by atoms with E-state index in [1.165, 1.54) is 12.7 Å². The van der Waals surface area contributed by atoms with Gasteiger partial charge in [-0.15, -0.1) is 10.2 Å². The van der Waals surface area contributed by atoms with E-state index in [0.717, 1.165) is 12.8 Å². The Bertz CT molecular complexity index is 262. The molecule has 70 valence electrons. The molecule has 2 rings (SSSR count). The molecule has 1 saturated carbocycles. The summed E-state index contributed by atoms with van der Waals surface area (Å²) in [5.74, 6) is 0.713. The smallest absolute Gasteiger partial charge is 0.167 e. The second-order valence-corrected chi connectivity index (χ2v) is 3.34. The average Bonchev–Trinajstić information content (AvgIpc) is 2.54. The van der Waals surface area contributed by atoms with E-state index >= 15 is 0 Å². The highest BCUT2D eigenvalue weighted by atomic mass is 15.2. The lowest BCUT2D eigenvalue weighted by molar-refractivity contribution is 0.633. The van der Waals surface area contributed by atoms with Gasteiger partial charge < -0.3 is 11.1 Å². The van der Waals surface area contributed by atoms with Gasteiger partial charge >= 0.3 is 0 Å². The summed E-state index contributed by atoms with van der Waals surface area (Å²) in [5.41, 5.74) is 5.90. The van der Waals surface area contributed by atoms with Gasteiger partial charge in [0.05, 0.1) is 6.20 Å². The van der Waals surface area contributed by atoms with Crippen molar-refractivity contribution in [3.05, 3.63) is 12.5 Å². The minimum absolute atomic E-state index is 0.238. The van der Waals surface area contributed by atoms with Crippen LogP contribution in [0.4, 0.5) is 5.82 Å². The van der Waals surface area contributed by atoms with Gasteiger partial charge in [0.25, 0.3) is 0 Å². The quantitative estimate of drug-likeness (QED) is 0.676. The van der Waals surface area contributed by atoms with Crippen molar-refractivity contribution in [1.29, 1.82) is 0 Å². The third-order valence-corrected chi connectivity index (χ3v) is 2.38. The Balaban J connectivity index is 1.98. The fourth-order valence-electron chi connectivity index (χ4n) is 1.67.